The lowest BCUT2D eigenvalue weighted by Crippen LogP contribution is -2.38. The first-order chi connectivity index (χ1) is 12.3. The zero-order valence-electron chi connectivity index (χ0n) is 16.4. The van der Waals surface area contributed by atoms with Gasteiger partial charge in [0.25, 0.3) is 0 Å². The molecule has 3 heteroatoms. The van der Waals surface area contributed by atoms with Gasteiger partial charge in [-0.15, -0.1) is 0 Å². The van der Waals surface area contributed by atoms with Crippen molar-refractivity contribution >= 4 is 22.1 Å². The average molecular weight is 346 g/mol. The van der Waals surface area contributed by atoms with Gasteiger partial charge in [-0.3, -0.25) is 4.98 Å². The molecule has 0 N–H and O–H groups in total. The van der Waals surface area contributed by atoms with Gasteiger partial charge < -0.3 is 9.32 Å². The number of furan rings is 1. The van der Waals surface area contributed by atoms with Gasteiger partial charge in [0.2, 0.25) is 0 Å². The summed E-state index contributed by atoms with van der Waals surface area (Å²) < 4.78 is 6.52. The molecule has 3 heterocycles. The third-order valence-electron chi connectivity index (χ3n) is 5.66. The lowest BCUT2D eigenvalue weighted by Gasteiger charge is -2.39. The summed E-state index contributed by atoms with van der Waals surface area (Å²) in [4.78, 5) is 7.00. The van der Waals surface area contributed by atoms with Crippen LogP contribution in [-0.2, 0) is 5.54 Å². The molecular weight excluding hydrogens is 320 g/mol. The molecule has 0 aliphatic carbocycles. The molecule has 1 unspecified atom stereocenters. The van der Waals surface area contributed by atoms with E-state index in [1.54, 1.807) is 0 Å². The molecule has 2 aromatic heterocycles. The maximum absolute atomic E-state index is 6.52. The highest BCUT2D eigenvalue weighted by atomic mass is 16.3. The lowest BCUT2D eigenvalue weighted by atomic mass is 9.84. The number of fused-ring (bicyclic) bond motifs is 3. The van der Waals surface area contributed by atoms with Crippen LogP contribution in [0, 0.1) is 6.92 Å². The molecule has 1 aliphatic rings. The molecule has 3 nitrogen and oxygen atoms in total. The smallest absolute Gasteiger partial charge is 0.160 e. The van der Waals surface area contributed by atoms with E-state index in [1.165, 1.54) is 16.7 Å². The van der Waals surface area contributed by atoms with Crippen molar-refractivity contribution in [2.45, 2.75) is 46.1 Å². The standard InChI is InChI=1S/C23H26N2O/c1-14(2)17-8-7-9-18-20-22(26-21(17)18)19(16(4)13-24-20)23(5)12-15(3)10-11-25(23)6/h7-14H,1-6H3. The van der Waals surface area contributed by atoms with Gasteiger partial charge in [-0.05, 0) is 50.0 Å². The number of aromatic nitrogens is 1. The number of para-hydroxylation sites is 1. The van der Waals surface area contributed by atoms with Crippen LogP contribution in [0.5, 0.6) is 0 Å². The minimum absolute atomic E-state index is 0.268. The maximum Gasteiger partial charge on any atom is 0.160 e. The number of allylic oxidation sites excluding steroid dienone is 2. The van der Waals surface area contributed by atoms with Gasteiger partial charge in [-0.2, -0.15) is 0 Å². The summed E-state index contributed by atoms with van der Waals surface area (Å²) in [6.45, 7) is 10.9. The summed E-state index contributed by atoms with van der Waals surface area (Å²) in [5.74, 6) is 0.404. The van der Waals surface area contributed by atoms with Gasteiger partial charge >= 0.3 is 0 Å². The van der Waals surface area contributed by atoms with E-state index in [0.29, 0.717) is 5.92 Å². The van der Waals surface area contributed by atoms with Gasteiger partial charge in [0.1, 0.15) is 11.1 Å². The van der Waals surface area contributed by atoms with Crippen LogP contribution in [0.15, 0.2) is 52.7 Å². The largest absolute Gasteiger partial charge is 0.454 e. The molecule has 0 bridgehead atoms. The number of hydrogen-bond acceptors (Lipinski definition) is 3. The van der Waals surface area contributed by atoms with Gasteiger partial charge in [-0.25, -0.2) is 0 Å². The molecule has 1 aliphatic heterocycles. The van der Waals surface area contributed by atoms with Crippen molar-refractivity contribution in [1.82, 2.24) is 9.88 Å². The van der Waals surface area contributed by atoms with E-state index in [-0.39, 0.29) is 5.54 Å². The SMILES string of the molecule is CC1=CC(C)(c2c(C)cnc3c2oc2c(C(C)C)cccc23)N(C)C=C1. The monoisotopic (exact) mass is 346 g/mol. The highest BCUT2D eigenvalue weighted by Crippen LogP contribution is 2.42. The van der Waals surface area contributed by atoms with Crippen molar-refractivity contribution in [2.75, 3.05) is 7.05 Å². The van der Waals surface area contributed by atoms with Gasteiger partial charge in [0.15, 0.2) is 5.58 Å². The topological polar surface area (TPSA) is 29.3 Å². The summed E-state index contributed by atoms with van der Waals surface area (Å²) in [5, 5.41) is 1.10. The predicted octanol–water partition coefficient (Wildman–Crippen LogP) is 6.03. The molecule has 0 saturated carbocycles. The summed E-state index contributed by atoms with van der Waals surface area (Å²) >= 11 is 0. The minimum atomic E-state index is -0.268. The van der Waals surface area contributed by atoms with Crippen LogP contribution in [0.3, 0.4) is 0 Å². The Hall–Kier alpha value is -2.55. The van der Waals surface area contributed by atoms with E-state index in [0.717, 1.165) is 27.6 Å². The van der Waals surface area contributed by atoms with Crippen molar-refractivity contribution in [3.63, 3.8) is 0 Å². The molecule has 0 saturated heterocycles. The Morgan fingerprint density at radius 1 is 1.15 bits per heavy atom. The van der Waals surface area contributed by atoms with Gasteiger partial charge in [0.05, 0.1) is 5.54 Å². The van der Waals surface area contributed by atoms with Crippen molar-refractivity contribution < 1.29 is 4.42 Å². The third kappa shape index (κ3) is 2.30. The fourth-order valence-electron chi connectivity index (χ4n) is 4.14. The predicted molar refractivity (Wildman–Crippen MR) is 108 cm³/mol. The molecule has 4 rings (SSSR count). The van der Waals surface area contributed by atoms with Crippen molar-refractivity contribution in [3.8, 4) is 0 Å². The van der Waals surface area contributed by atoms with E-state index in [1.807, 2.05) is 6.20 Å². The van der Waals surface area contributed by atoms with Crippen LogP contribution in [0.1, 0.15) is 50.3 Å². The van der Waals surface area contributed by atoms with E-state index in [9.17, 15) is 0 Å². The Kier molecular flexibility index (Phi) is 3.72. The number of hydrogen-bond donors (Lipinski definition) is 0. The molecule has 1 atom stereocenters. The van der Waals surface area contributed by atoms with Crippen LogP contribution in [0.2, 0.25) is 0 Å². The second-order valence-electron chi connectivity index (χ2n) is 7.94. The molecule has 26 heavy (non-hydrogen) atoms. The molecule has 0 fully saturated rings. The number of benzene rings is 1. The number of likely N-dealkylation sites (N-methyl/N-ethyl adjacent to an activating group) is 1. The van der Waals surface area contributed by atoms with E-state index >= 15 is 0 Å². The zero-order chi connectivity index (χ0) is 18.6. The van der Waals surface area contributed by atoms with E-state index < -0.39 is 0 Å². The van der Waals surface area contributed by atoms with Crippen LogP contribution < -0.4 is 0 Å². The first kappa shape index (κ1) is 16.9. The Morgan fingerprint density at radius 2 is 1.92 bits per heavy atom. The first-order valence-electron chi connectivity index (χ1n) is 9.24. The Labute approximate surface area is 155 Å². The summed E-state index contributed by atoms with van der Waals surface area (Å²) in [6, 6.07) is 6.38. The van der Waals surface area contributed by atoms with Crippen molar-refractivity contribution in [2.24, 2.45) is 0 Å². The lowest BCUT2D eigenvalue weighted by molar-refractivity contribution is 0.259. The molecular formula is C23H26N2O. The zero-order valence-corrected chi connectivity index (χ0v) is 16.4. The highest BCUT2D eigenvalue weighted by molar-refractivity contribution is 6.05. The van der Waals surface area contributed by atoms with Gasteiger partial charge in [-0.1, -0.05) is 37.6 Å². The maximum atomic E-state index is 6.52. The highest BCUT2D eigenvalue weighted by Gasteiger charge is 2.35. The summed E-state index contributed by atoms with van der Waals surface area (Å²) in [6.07, 6.45) is 8.58. The van der Waals surface area contributed by atoms with Crippen LogP contribution in [-0.4, -0.2) is 16.9 Å². The minimum Gasteiger partial charge on any atom is -0.454 e. The molecule has 3 aromatic rings. The third-order valence-corrected chi connectivity index (χ3v) is 5.66. The molecule has 0 spiro atoms. The number of pyridine rings is 1. The fraction of sp³-hybridized carbons (Fsp3) is 0.348. The second kappa shape index (κ2) is 5.73. The average Bonchev–Trinajstić information content (AvgIpc) is 2.96. The quantitative estimate of drug-likeness (QED) is 0.567. The normalized spacial score (nSPS) is 20.4. The Bertz CT molecular complexity index is 1070. The second-order valence-corrected chi connectivity index (χ2v) is 7.94. The van der Waals surface area contributed by atoms with E-state index in [4.69, 9.17) is 9.40 Å². The summed E-state index contributed by atoms with van der Waals surface area (Å²) in [5.41, 5.74) is 7.40. The number of aryl methyl sites for hydroxylation is 1. The Balaban J connectivity index is 2.11. The van der Waals surface area contributed by atoms with Crippen molar-refractivity contribution in [1.29, 1.82) is 0 Å². The van der Waals surface area contributed by atoms with Crippen LogP contribution in [0.25, 0.3) is 22.1 Å². The first-order valence-corrected chi connectivity index (χ1v) is 9.24. The molecule has 134 valence electrons. The van der Waals surface area contributed by atoms with Crippen LogP contribution in [0.4, 0.5) is 0 Å². The Morgan fingerprint density at radius 3 is 2.65 bits per heavy atom. The molecule has 0 amide bonds. The molecule has 0 radical (unpaired) electrons. The summed E-state index contributed by atoms with van der Waals surface area (Å²) in [7, 11) is 2.12. The number of rotatable bonds is 2. The number of nitrogens with zero attached hydrogens (tertiary/aromatic N) is 2. The van der Waals surface area contributed by atoms with Crippen molar-refractivity contribution in [3.05, 3.63) is 65.0 Å². The van der Waals surface area contributed by atoms with Gasteiger partial charge in [0, 0.05) is 30.4 Å². The van der Waals surface area contributed by atoms with Crippen LogP contribution >= 0.6 is 0 Å². The molecule has 1 aromatic carbocycles. The van der Waals surface area contributed by atoms with E-state index in [2.05, 4.69) is 83.1 Å². The fourth-order valence-corrected chi connectivity index (χ4v) is 4.14.